The number of benzene rings is 1. The first-order valence-corrected chi connectivity index (χ1v) is 7.70. The number of unbranched alkanes of at least 4 members (excludes halogenated alkanes) is 1. The first-order valence-electron chi connectivity index (χ1n) is 7.70. The van der Waals surface area contributed by atoms with Crippen molar-refractivity contribution >= 4 is 0 Å². The second-order valence-electron chi connectivity index (χ2n) is 5.28. The molecule has 0 spiro atoms. The van der Waals surface area contributed by atoms with E-state index in [1.807, 2.05) is 18.2 Å². The lowest BCUT2D eigenvalue weighted by Gasteiger charge is -2.19. The Bertz CT molecular complexity index is 351. The molecule has 1 aromatic rings. The molecule has 2 unspecified atom stereocenters. The van der Waals surface area contributed by atoms with E-state index < -0.39 is 0 Å². The van der Waals surface area contributed by atoms with Gasteiger partial charge in [-0.15, -0.1) is 0 Å². The third kappa shape index (κ3) is 5.23. The highest BCUT2D eigenvalue weighted by Crippen LogP contribution is 2.26. The Kier molecular flexibility index (Phi) is 7.57. The fourth-order valence-corrected chi connectivity index (χ4v) is 2.24. The first kappa shape index (κ1) is 16.0. The quantitative estimate of drug-likeness (QED) is 0.701. The maximum atomic E-state index is 6.13. The van der Waals surface area contributed by atoms with Crippen LogP contribution in [0, 0.1) is 5.92 Å². The van der Waals surface area contributed by atoms with Crippen LogP contribution in [0.2, 0.25) is 0 Å². The predicted molar refractivity (Wildman–Crippen MR) is 82.5 cm³/mol. The van der Waals surface area contributed by atoms with Crippen LogP contribution in [0.3, 0.4) is 0 Å². The summed E-state index contributed by atoms with van der Waals surface area (Å²) >= 11 is 0. The van der Waals surface area contributed by atoms with E-state index in [1.54, 1.807) is 0 Å². The van der Waals surface area contributed by atoms with Crippen molar-refractivity contribution in [2.24, 2.45) is 11.7 Å². The van der Waals surface area contributed by atoms with Gasteiger partial charge in [-0.05, 0) is 24.8 Å². The molecule has 0 aliphatic carbocycles. The van der Waals surface area contributed by atoms with Gasteiger partial charge >= 0.3 is 0 Å². The predicted octanol–water partition coefficient (Wildman–Crippen LogP) is 4.69. The van der Waals surface area contributed by atoms with E-state index in [0.717, 1.165) is 24.3 Å². The molecule has 0 aliphatic heterocycles. The maximum Gasteiger partial charge on any atom is 0.124 e. The fourth-order valence-electron chi connectivity index (χ4n) is 2.24. The largest absolute Gasteiger partial charge is 0.493 e. The smallest absolute Gasteiger partial charge is 0.124 e. The lowest BCUT2D eigenvalue weighted by molar-refractivity contribution is 0.230. The summed E-state index contributed by atoms with van der Waals surface area (Å²) in [5.74, 6) is 1.62. The molecule has 0 amide bonds. The lowest BCUT2D eigenvalue weighted by atomic mass is 10.0. The Morgan fingerprint density at radius 1 is 1.11 bits per heavy atom. The van der Waals surface area contributed by atoms with E-state index in [9.17, 15) is 0 Å². The van der Waals surface area contributed by atoms with Gasteiger partial charge in [0.25, 0.3) is 0 Å². The second kappa shape index (κ2) is 8.98. The first-order chi connectivity index (χ1) is 9.22. The zero-order valence-corrected chi connectivity index (χ0v) is 12.7. The lowest BCUT2D eigenvalue weighted by Crippen LogP contribution is -2.15. The van der Waals surface area contributed by atoms with Gasteiger partial charge in [-0.1, -0.05) is 58.2 Å². The number of ether oxygens (including phenoxy) is 1. The summed E-state index contributed by atoms with van der Waals surface area (Å²) in [6.07, 6.45) is 5.93. The van der Waals surface area contributed by atoms with Crippen molar-refractivity contribution in [3.8, 4) is 5.75 Å². The van der Waals surface area contributed by atoms with Crippen molar-refractivity contribution in [1.82, 2.24) is 0 Å². The molecule has 0 fully saturated rings. The summed E-state index contributed by atoms with van der Waals surface area (Å²) in [5, 5.41) is 0. The Morgan fingerprint density at radius 2 is 1.84 bits per heavy atom. The zero-order valence-electron chi connectivity index (χ0n) is 12.7. The van der Waals surface area contributed by atoms with E-state index >= 15 is 0 Å². The highest BCUT2D eigenvalue weighted by molar-refractivity contribution is 5.35. The SMILES string of the molecule is CCCCC(CC)COc1ccccc1C(N)CC. The van der Waals surface area contributed by atoms with Gasteiger partial charge in [0.2, 0.25) is 0 Å². The molecule has 0 heterocycles. The Labute approximate surface area is 118 Å². The maximum absolute atomic E-state index is 6.13. The minimum absolute atomic E-state index is 0.0759. The molecule has 2 heteroatoms. The molecule has 1 rings (SSSR count). The number of nitrogens with two attached hydrogens (primary N) is 1. The second-order valence-corrected chi connectivity index (χ2v) is 5.28. The number of rotatable bonds is 9. The minimum atomic E-state index is 0.0759. The molecule has 0 aliphatic rings. The Balaban J connectivity index is 2.61. The van der Waals surface area contributed by atoms with E-state index in [4.69, 9.17) is 10.5 Å². The van der Waals surface area contributed by atoms with Crippen LogP contribution in [-0.4, -0.2) is 6.61 Å². The topological polar surface area (TPSA) is 35.2 Å². The Morgan fingerprint density at radius 3 is 2.47 bits per heavy atom. The van der Waals surface area contributed by atoms with Crippen LogP contribution in [0.15, 0.2) is 24.3 Å². The van der Waals surface area contributed by atoms with Crippen LogP contribution < -0.4 is 10.5 Å². The highest BCUT2D eigenvalue weighted by Gasteiger charge is 2.12. The van der Waals surface area contributed by atoms with Gasteiger partial charge in [-0.2, -0.15) is 0 Å². The summed E-state index contributed by atoms with van der Waals surface area (Å²) < 4.78 is 6.03. The third-order valence-corrected chi connectivity index (χ3v) is 3.78. The van der Waals surface area contributed by atoms with E-state index in [0.29, 0.717) is 5.92 Å². The summed E-state index contributed by atoms with van der Waals surface area (Å²) in [5.41, 5.74) is 7.27. The van der Waals surface area contributed by atoms with E-state index in [2.05, 4.69) is 26.8 Å². The standard InChI is InChI=1S/C17H29NO/c1-4-7-10-14(5-2)13-19-17-12-9-8-11-15(17)16(18)6-3/h8-9,11-12,14,16H,4-7,10,13,18H2,1-3H3. The average Bonchev–Trinajstić information content (AvgIpc) is 2.47. The van der Waals surface area contributed by atoms with Gasteiger partial charge in [-0.25, -0.2) is 0 Å². The van der Waals surface area contributed by atoms with Gasteiger partial charge < -0.3 is 10.5 Å². The molecule has 0 saturated heterocycles. The normalized spacial score (nSPS) is 14.1. The van der Waals surface area contributed by atoms with Gasteiger partial charge in [0, 0.05) is 11.6 Å². The molecule has 0 bridgehead atoms. The molecule has 0 saturated carbocycles. The van der Waals surface area contributed by atoms with Gasteiger partial charge in [0.15, 0.2) is 0 Å². The molecule has 0 radical (unpaired) electrons. The molecule has 19 heavy (non-hydrogen) atoms. The van der Waals surface area contributed by atoms with E-state index in [1.165, 1.54) is 25.7 Å². The van der Waals surface area contributed by atoms with Crippen LogP contribution in [0.5, 0.6) is 5.75 Å². The van der Waals surface area contributed by atoms with Crippen LogP contribution in [0.1, 0.15) is 64.5 Å². The number of hydrogen-bond donors (Lipinski definition) is 1. The van der Waals surface area contributed by atoms with Crippen LogP contribution in [0.25, 0.3) is 0 Å². The summed E-state index contributed by atoms with van der Waals surface area (Å²) in [7, 11) is 0. The number of hydrogen-bond acceptors (Lipinski definition) is 2. The monoisotopic (exact) mass is 263 g/mol. The van der Waals surface area contributed by atoms with Crippen molar-refractivity contribution in [1.29, 1.82) is 0 Å². The minimum Gasteiger partial charge on any atom is -0.493 e. The molecule has 108 valence electrons. The highest BCUT2D eigenvalue weighted by atomic mass is 16.5. The number of para-hydroxylation sites is 1. The van der Waals surface area contributed by atoms with Crippen LogP contribution >= 0.6 is 0 Å². The summed E-state index contributed by atoms with van der Waals surface area (Å²) in [6, 6.07) is 8.25. The fraction of sp³-hybridized carbons (Fsp3) is 0.647. The molecular weight excluding hydrogens is 234 g/mol. The molecular formula is C17H29NO. The van der Waals surface area contributed by atoms with Crippen molar-refractivity contribution in [2.45, 2.75) is 58.9 Å². The van der Waals surface area contributed by atoms with Crippen molar-refractivity contribution in [3.05, 3.63) is 29.8 Å². The van der Waals surface area contributed by atoms with E-state index in [-0.39, 0.29) is 6.04 Å². The van der Waals surface area contributed by atoms with Gasteiger partial charge in [0.05, 0.1) is 6.61 Å². The van der Waals surface area contributed by atoms with Crippen molar-refractivity contribution in [2.75, 3.05) is 6.61 Å². The molecule has 0 aromatic heterocycles. The van der Waals surface area contributed by atoms with Crippen LogP contribution in [0.4, 0.5) is 0 Å². The third-order valence-electron chi connectivity index (χ3n) is 3.78. The van der Waals surface area contributed by atoms with Gasteiger partial charge in [0.1, 0.15) is 5.75 Å². The molecule has 2 atom stereocenters. The molecule has 2 N–H and O–H groups in total. The zero-order chi connectivity index (χ0) is 14.1. The Hall–Kier alpha value is -1.02. The van der Waals surface area contributed by atoms with Gasteiger partial charge in [-0.3, -0.25) is 0 Å². The average molecular weight is 263 g/mol. The molecule has 2 nitrogen and oxygen atoms in total. The summed E-state index contributed by atoms with van der Waals surface area (Å²) in [4.78, 5) is 0. The van der Waals surface area contributed by atoms with Crippen molar-refractivity contribution < 1.29 is 4.74 Å². The summed E-state index contributed by atoms with van der Waals surface area (Å²) in [6.45, 7) is 7.40. The molecule has 1 aromatic carbocycles. The van der Waals surface area contributed by atoms with Crippen molar-refractivity contribution in [3.63, 3.8) is 0 Å². The van der Waals surface area contributed by atoms with Crippen LogP contribution in [-0.2, 0) is 0 Å².